The minimum absolute atomic E-state index is 0.262. The van der Waals surface area contributed by atoms with Crippen molar-refractivity contribution in [2.24, 2.45) is 5.92 Å². The number of aliphatic hydroxyl groups is 1. The van der Waals surface area contributed by atoms with E-state index in [0.29, 0.717) is 24.3 Å². The van der Waals surface area contributed by atoms with Gasteiger partial charge in [-0.2, -0.15) is 13.2 Å². The van der Waals surface area contributed by atoms with E-state index in [4.69, 9.17) is 4.74 Å². The van der Waals surface area contributed by atoms with E-state index < -0.39 is 23.8 Å². The van der Waals surface area contributed by atoms with Crippen LogP contribution in [0.25, 0.3) is 0 Å². The Morgan fingerprint density at radius 3 is 2.12 bits per heavy atom. The number of nitrogens with zero attached hydrogens (tertiary/aromatic N) is 1. The molecule has 0 radical (unpaired) electrons. The first-order valence-corrected chi connectivity index (χ1v) is 10.5. The molecule has 0 aliphatic heterocycles. The molecule has 2 atom stereocenters. The smallest absolute Gasteiger partial charge is 0.416 e. The van der Waals surface area contributed by atoms with Crippen LogP contribution in [0.3, 0.4) is 0 Å². The lowest BCUT2D eigenvalue weighted by atomic mass is 9.88. The minimum atomic E-state index is -4.47. The number of rotatable bonds is 8. The summed E-state index contributed by atoms with van der Waals surface area (Å²) in [6.07, 6.45) is -4.87. The number of carbonyl (C=O) groups is 1. The zero-order chi connectivity index (χ0) is 24.0. The zero-order valence-corrected chi connectivity index (χ0v) is 18.4. The number of halogens is 3. The number of hydrogen-bond donors (Lipinski definition) is 1. The van der Waals surface area contributed by atoms with Crippen LogP contribution in [0, 0.1) is 5.92 Å². The second-order valence-corrected chi connectivity index (χ2v) is 7.79. The van der Waals surface area contributed by atoms with E-state index in [1.165, 1.54) is 17.0 Å². The van der Waals surface area contributed by atoms with Crippen LogP contribution < -0.4 is 9.64 Å². The topological polar surface area (TPSA) is 49.8 Å². The Hall–Kier alpha value is -3.32. The molecule has 0 bridgehead atoms. The SMILES string of the molecule is COc1ccc(N(C)C(=O)[C@H](CCc2ccccc2)[C@H](O)c2ccc(C(F)(F)F)cc2)cc1. The lowest BCUT2D eigenvalue weighted by molar-refractivity contribution is -0.137. The van der Waals surface area contributed by atoms with Crippen LogP contribution in [0.5, 0.6) is 5.75 Å². The van der Waals surface area contributed by atoms with Crippen LogP contribution in [-0.4, -0.2) is 25.2 Å². The quantitative estimate of drug-likeness (QED) is 0.475. The summed E-state index contributed by atoms with van der Waals surface area (Å²) in [4.78, 5) is 14.9. The van der Waals surface area contributed by atoms with E-state index in [2.05, 4.69) is 0 Å². The molecule has 3 rings (SSSR count). The third kappa shape index (κ3) is 6.14. The highest BCUT2D eigenvalue weighted by molar-refractivity contribution is 5.95. The van der Waals surface area contributed by atoms with Gasteiger partial charge in [-0.3, -0.25) is 4.79 Å². The third-order valence-electron chi connectivity index (χ3n) is 5.66. The maximum atomic E-state index is 13.4. The fourth-order valence-corrected chi connectivity index (χ4v) is 3.67. The predicted molar refractivity (Wildman–Crippen MR) is 121 cm³/mol. The molecule has 4 nitrogen and oxygen atoms in total. The molecule has 0 saturated heterocycles. The highest BCUT2D eigenvalue weighted by atomic mass is 19.4. The largest absolute Gasteiger partial charge is 0.497 e. The number of alkyl halides is 3. The molecular formula is C26H26F3NO3. The van der Waals surface area contributed by atoms with Gasteiger partial charge < -0.3 is 14.7 Å². The molecule has 1 N–H and O–H groups in total. The molecule has 0 fully saturated rings. The maximum absolute atomic E-state index is 13.4. The normalized spacial score (nSPS) is 13.3. The van der Waals surface area contributed by atoms with Crippen LogP contribution in [0.15, 0.2) is 78.9 Å². The summed E-state index contributed by atoms with van der Waals surface area (Å²) in [5.41, 5.74) is 1.07. The van der Waals surface area contributed by atoms with Crippen molar-refractivity contribution in [2.45, 2.75) is 25.1 Å². The molecule has 0 spiro atoms. The number of ether oxygens (including phenoxy) is 1. The Labute approximate surface area is 191 Å². The monoisotopic (exact) mass is 457 g/mol. The molecule has 3 aromatic carbocycles. The number of methoxy groups -OCH3 is 1. The Morgan fingerprint density at radius 1 is 0.970 bits per heavy atom. The summed E-state index contributed by atoms with van der Waals surface area (Å²) >= 11 is 0. The van der Waals surface area contributed by atoms with Crippen molar-refractivity contribution in [1.82, 2.24) is 0 Å². The summed E-state index contributed by atoms with van der Waals surface area (Å²) in [6.45, 7) is 0. The lowest BCUT2D eigenvalue weighted by Crippen LogP contribution is -2.36. The van der Waals surface area contributed by atoms with Crippen LogP contribution in [-0.2, 0) is 17.4 Å². The van der Waals surface area contributed by atoms with E-state index in [1.807, 2.05) is 30.3 Å². The van der Waals surface area contributed by atoms with Crippen molar-refractivity contribution in [3.63, 3.8) is 0 Å². The zero-order valence-electron chi connectivity index (χ0n) is 18.4. The summed E-state index contributed by atoms with van der Waals surface area (Å²) in [6, 6.07) is 20.7. The molecule has 0 unspecified atom stereocenters. The van der Waals surface area contributed by atoms with E-state index in [0.717, 1.165) is 17.7 Å². The van der Waals surface area contributed by atoms with Gasteiger partial charge in [0, 0.05) is 12.7 Å². The van der Waals surface area contributed by atoms with Crippen molar-refractivity contribution < 1.29 is 27.8 Å². The summed E-state index contributed by atoms with van der Waals surface area (Å²) in [5, 5.41) is 11.1. The first-order valence-electron chi connectivity index (χ1n) is 10.5. The van der Waals surface area contributed by atoms with Crippen molar-refractivity contribution >= 4 is 11.6 Å². The highest BCUT2D eigenvalue weighted by Gasteiger charge is 2.33. The Morgan fingerprint density at radius 2 is 1.58 bits per heavy atom. The van der Waals surface area contributed by atoms with Crippen molar-refractivity contribution in [3.8, 4) is 5.75 Å². The average molecular weight is 457 g/mol. The van der Waals surface area contributed by atoms with Gasteiger partial charge in [0.1, 0.15) is 5.75 Å². The van der Waals surface area contributed by atoms with Gasteiger partial charge in [0.2, 0.25) is 5.91 Å². The molecule has 174 valence electrons. The number of hydrogen-bond acceptors (Lipinski definition) is 3. The molecule has 0 aliphatic rings. The van der Waals surface area contributed by atoms with Crippen LogP contribution in [0.4, 0.5) is 18.9 Å². The molecule has 0 heterocycles. The number of benzene rings is 3. The number of carbonyl (C=O) groups excluding carboxylic acids is 1. The Bertz CT molecular complexity index is 1040. The highest BCUT2D eigenvalue weighted by Crippen LogP contribution is 2.33. The molecule has 7 heteroatoms. The van der Waals surface area contributed by atoms with Crippen molar-refractivity contribution in [2.75, 3.05) is 19.1 Å². The average Bonchev–Trinajstić information content (AvgIpc) is 2.83. The van der Waals surface area contributed by atoms with Crippen molar-refractivity contribution in [3.05, 3.63) is 95.6 Å². The van der Waals surface area contributed by atoms with Gasteiger partial charge in [-0.1, -0.05) is 42.5 Å². The van der Waals surface area contributed by atoms with Crippen molar-refractivity contribution in [1.29, 1.82) is 0 Å². The predicted octanol–water partition coefficient (Wildman–Crippen LogP) is 5.66. The second kappa shape index (κ2) is 10.5. The van der Waals surface area contributed by atoms with Crippen LogP contribution in [0.2, 0.25) is 0 Å². The first kappa shape index (κ1) is 24.3. The lowest BCUT2D eigenvalue weighted by Gasteiger charge is -2.28. The van der Waals surface area contributed by atoms with E-state index in [-0.39, 0.29) is 11.5 Å². The number of aryl methyl sites for hydroxylation is 1. The van der Waals surface area contributed by atoms with Gasteiger partial charge in [0.05, 0.1) is 24.7 Å². The molecule has 1 amide bonds. The van der Waals surface area contributed by atoms with Gasteiger partial charge in [-0.05, 0) is 60.4 Å². The van der Waals surface area contributed by atoms with E-state index >= 15 is 0 Å². The summed E-state index contributed by atoms with van der Waals surface area (Å²) < 4.78 is 43.9. The number of anilines is 1. The second-order valence-electron chi connectivity index (χ2n) is 7.79. The number of aliphatic hydroxyl groups excluding tert-OH is 1. The van der Waals surface area contributed by atoms with E-state index in [1.54, 1.807) is 38.4 Å². The van der Waals surface area contributed by atoms with Crippen LogP contribution >= 0.6 is 0 Å². The minimum Gasteiger partial charge on any atom is -0.497 e. The summed E-state index contributed by atoms with van der Waals surface area (Å²) in [7, 11) is 3.16. The van der Waals surface area contributed by atoms with Gasteiger partial charge in [-0.15, -0.1) is 0 Å². The molecule has 3 aromatic rings. The standard InChI is InChI=1S/C26H26F3NO3/c1-30(21-13-15-22(33-2)16-14-21)25(32)23(17-8-18-6-4-3-5-7-18)24(31)19-9-11-20(12-10-19)26(27,28)29/h3-7,9-16,23-24,31H,8,17H2,1-2H3/t23-,24-/m1/s1. The van der Waals surface area contributed by atoms with Gasteiger partial charge >= 0.3 is 6.18 Å². The Kier molecular flexibility index (Phi) is 7.76. The molecule has 0 aromatic heterocycles. The molecule has 0 saturated carbocycles. The molecule has 0 aliphatic carbocycles. The number of amides is 1. The summed E-state index contributed by atoms with van der Waals surface area (Å²) in [5.74, 6) is -0.539. The van der Waals surface area contributed by atoms with Crippen LogP contribution in [0.1, 0.15) is 29.2 Å². The molecule has 33 heavy (non-hydrogen) atoms. The first-order chi connectivity index (χ1) is 15.7. The molecular weight excluding hydrogens is 431 g/mol. The Balaban J connectivity index is 1.86. The van der Waals surface area contributed by atoms with Gasteiger partial charge in [0.25, 0.3) is 0 Å². The fourth-order valence-electron chi connectivity index (χ4n) is 3.67. The fraction of sp³-hybridized carbons (Fsp3) is 0.269. The van der Waals surface area contributed by atoms with Gasteiger partial charge in [-0.25, -0.2) is 0 Å². The van der Waals surface area contributed by atoms with Gasteiger partial charge in [0.15, 0.2) is 0 Å². The third-order valence-corrected chi connectivity index (χ3v) is 5.66. The maximum Gasteiger partial charge on any atom is 0.416 e. The van der Waals surface area contributed by atoms with E-state index in [9.17, 15) is 23.1 Å².